The first-order chi connectivity index (χ1) is 7.65. The Bertz CT molecular complexity index is 364. The summed E-state index contributed by atoms with van der Waals surface area (Å²) in [6.07, 6.45) is 1.64. The van der Waals surface area contributed by atoms with Crippen molar-refractivity contribution in [3.05, 3.63) is 18.3 Å². The van der Waals surface area contributed by atoms with Gasteiger partial charge in [0.25, 0.3) is 0 Å². The Kier molecular flexibility index (Phi) is 6.44. The van der Waals surface area contributed by atoms with Gasteiger partial charge in [0.15, 0.2) is 0 Å². The van der Waals surface area contributed by atoms with Crippen molar-refractivity contribution < 1.29 is 8.98 Å². The van der Waals surface area contributed by atoms with E-state index in [1.807, 2.05) is 0 Å². The van der Waals surface area contributed by atoms with E-state index in [1.54, 1.807) is 18.3 Å². The van der Waals surface area contributed by atoms with Gasteiger partial charge in [-0.25, -0.2) is 9.78 Å². The van der Waals surface area contributed by atoms with Crippen LogP contribution in [0.4, 0.5) is 0 Å². The molecule has 1 aromatic rings. The Morgan fingerprint density at radius 3 is 3.06 bits per heavy atom. The number of carbonyl (C=O) groups is 1. The van der Waals surface area contributed by atoms with E-state index in [0.29, 0.717) is 5.03 Å². The number of nitrogens with two attached hydrogens (primary N) is 1. The average molecular weight is 294 g/mol. The standard InChI is InChI=1S/C8H10N2O2S4/c9-5(4-13)8(11)12-16-15-7-6(14)2-1-3-10-7/h1-3,5,13-14H,4,9H2. The molecule has 1 heterocycles. The molecule has 0 amide bonds. The summed E-state index contributed by atoms with van der Waals surface area (Å²) in [7, 11) is 1.21. The molecule has 1 atom stereocenters. The molecule has 8 heteroatoms. The molecule has 4 nitrogen and oxygen atoms in total. The summed E-state index contributed by atoms with van der Waals surface area (Å²) >= 11 is 9.02. The van der Waals surface area contributed by atoms with Gasteiger partial charge in [-0.1, -0.05) is 0 Å². The van der Waals surface area contributed by atoms with Gasteiger partial charge in [-0.15, -0.1) is 12.6 Å². The van der Waals surface area contributed by atoms with Crippen LogP contribution in [0.2, 0.25) is 0 Å². The Hall–Kier alpha value is -0.0200. The SMILES string of the molecule is NC(CS)C(=O)OSSc1ncccc1S. The molecule has 1 unspecified atom stereocenters. The molecule has 16 heavy (non-hydrogen) atoms. The van der Waals surface area contributed by atoms with E-state index < -0.39 is 12.0 Å². The molecule has 0 saturated heterocycles. The molecule has 0 saturated carbocycles. The number of carbonyl (C=O) groups excluding carboxylic acids is 1. The minimum absolute atomic E-state index is 0.255. The zero-order chi connectivity index (χ0) is 12.0. The van der Waals surface area contributed by atoms with E-state index >= 15 is 0 Å². The van der Waals surface area contributed by atoms with Crippen LogP contribution in [0.25, 0.3) is 0 Å². The smallest absolute Gasteiger partial charge is 0.336 e. The van der Waals surface area contributed by atoms with Gasteiger partial charge < -0.3 is 9.92 Å². The molecule has 88 valence electrons. The Morgan fingerprint density at radius 1 is 1.69 bits per heavy atom. The van der Waals surface area contributed by atoms with E-state index in [1.165, 1.54) is 10.8 Å². The van der Waals surface area contributed by atoms with Crippen molar-refractivity contribution in [3.8, 4) is 0 Å². The van der Waals surface area contributed by atoms with Crippen LogP contribution in [0.5, 0.6) is 0 Å². The summed E-state index contributed by atoms with van der Waals surface area (Å²) in [6.45, 7) is 0. The zero-order valence-electron chi connectivity index (χ0n) is 8.07. The Morgan fingerprint density at radius 2 is 2.44 bits per heavy atom. The Balaban J connectivity index is 2.36. The highest BCUT2D eigenvalue weighted by Gasteiger charge is 2.14. The summed E-state index contributed by atoms with van der Waals surface area (Å²) in [5.74, 6) is -0.241. The van der Waals surface area contributed by atoms with E-state index in [2.05, 4.69) is 30.2 Å². The third-order valence-corrected chi connectivity index (χ3v) is 4.05. The number of hydrogen-bond acceptors (Lipinski definition) is 8. The second-order valence-corrected chi connectivity index (χ2v) is 5.28. The highest BCUT2D eigenvalue weighted by molar-refractivity contribution is 8.75. The number of rotatable bonds is 5. The van der Waals surface area contributed by atoms with Gasteiger partial charge in [0.05, 0.1) is 0 Å². The third-order valence-electron chi connectivity index (χ3n) is 1.48. The molecule has 2 N–H and O–H groups in total. The van der Waals surface area contributed by atoms with E-state index in [4.69, 9.17) is 9.92 Å². The molecule has 0 radical (unpaired) electrons. The van der Waals surface area contributed by atoms with Crippen LogP contribution in [0.3, 0.4) is 0 Å². The summed E-state index contributed by atoms with van der Waals surface area (Å²) in [6, 6.07) is 2.89. The first-order valence-electron chi connectivity index (χ1n) is 4.20. The molecule has 0 fully saturated rings. The fourth-order valence-electron chi connectivity index (χ4n) is 0.666. The van der Waals surface area contributed by atoms with Crippen molar-refractivity contribution in [2.24, 2.45) is 5.73 Å². The molecular formula is C8H10N2O2S4. The van der Waals surface area contributed by atoms with Crippen LogP contribution in [-0.4, -0.2) is 22.7 Å². The minimum Gasteiger partial charge on any atom is -0.378 e. The second-order valence-electron chi connectivity index (χ2n) is 2.67. The van der Waals surface area contributed by atoms with Gasteiger partial charge >= 0.3 is 5.97 Å². The molecule has 0 aliphatic carbocycles. The lowest BCUT2D eigenvalue weighted by atomic mass is 10.4. The van der Waals surface area contributed by atoms with Crippen molar-refractivity contribution in [2.75, 3.05) is 5.75 Å². The molecule has 1 rings (SSSR count). The Labute approximate surface area is 113 Å². The predicted octanol–water partition coefficient (Wildman–Crippen LogP) is 1.83. The van der Waals surface area contributed by atoms with Crippen LogP contribution in [-0.2, 0) is 8.98 Å². The highest BCUT2D eigenvalue weighted by Crippen LogP contribution is 2.33. The lowest BCUT2D eigenvalue weighted by Crippen LogP contribution is -2.32. The third kappa shape index (κ3) is 4.46. The highest BCUT2D eigenvalue weighted by atomic mass is 33.1. The van der Waals surface area contributed by atoms with Crippen LogP contribution in [0.1, 0.15) is 0 Å². The molecule has 0 aliphatic rings. The lowest BCUT2D eigenvalue weighted by Gasteiger charge is -2.06. The first-order valence-corrected chi connectivity index (χ1v) is 7.36. The van der Waals surface area contributed by atoms with Crippen molar-refractivity contribution in [1.82, 2.24) is 4.98 Å². The van der Waals surface area contributed by atoms with Gasteiger partial charge in [-0.2, -0.15) is 12.6 Å². The van der Waals surface area contributed by atoms with Gasteiger partial charge in [0.2, 0.25) is 0 Å². The average Bonchev–Trinajstić information content (AvgIpc) is 2.30. The van der Waals surface area contributed by atoms with Gasteiger partial charge in [-0.05, 0) is 12.1 Å². The van der Waals surface area contributed by atoms with Crippen LogP contribution in [0, 0.1) is 0 Å². The minimum atomic E-state index is -0.698. The van der Waals surface area contributed by atoms with Gasteiger partial charge in [0, 0.05) is 27.6 Å². The molecule has 0 aliphatic heterocycles. The normalized spacial score (nSPS) is 12.2. The van der Waals surface area contributed by atoms with E-state index in [9.17, 15) is 4.79 Å². The second kappa shape index (κ2) is 7.33. The molecule has 0 aromatic carbocycles. The molecule has 0 spiro atoms. The predicted molar refractivity (Wildman–Crippen MR) is 72.9 cm³/mol. The number of thiol groups is 2. The maximum absolute atomic E-state index is 11.2. The largest absolute Gasteiger partial charge is 0.378 e. The summed E-state index contributed by atoms with van der Waals surface area (Å²) in [4.78, 5) is 16.0. The summed E-state index contributed by atoms with van der Waals surface area (Å²) in [5.41, 5.74) is 5.42. The number of aromatic nitrogens is 1. The number of hydrogen-bond donors (Lipinski definition) is 3. The molecular weight excluding hydrogens is 284 g/mol. The summed E-state index contributed by atoms with van der Waals surface area (Å²) < 4.78 is 4.85. The topological polar surface area (TPSA) is 65.2 Å². The number of nitrogens with zero attached hydrogens (tertiary/aromatic N) is 1. The maximum Gasteiger partial charge on any atom is 0.336 e. The molecule has 1 aromatic heterocycles. The monoisotopic (exact) mass is 294 g/mol. The van der Waals surface area contributed by atoms with Crippen LogP contribution in [0.15, 0.2) is 28.3 Å². The first kappa shape index (κ1) is 14.0. The van der Waals surface area contributed by atoms with Gasteiger partial charge in [0.1, 0.15) is 22.1 Å². The zero-order valence-corrected chi connectivity index (χ0v) is 11.5. The van der Waals surface area contributed by atoms with Gasteiger partial charge in [-0.3, -0.25) is 0 Å². The fourth-order valence-corrected chi connectivity index (χ4v) is 2.72. The van der Waals surface area contributed by atoms with Crippen molar-refractivity contribution in [2.45, 2.75) is 16.0 Å². The summed E-state index contributed by atoms with van der Waals surface area (Å²) in [5, 5.41) is 0.683. The van der Waals surface area contributed by atoms with E-state index in [0.717, 1.165) is 16.0 Å². The van der Waals surface area contributed by atoms with Crippen LogP contribution >= 0.6 is 47.1 Å². The van der Waals surface area contributed by atoms with Crippen molar-refractivity contribution >= 4 is 53.1 Å². The van der Waals surface area contributed by atoms with Crippen molar-refractivity contribution in [1.29, 1.82) is 0 Å². The van der Waals surface area contributed by atoms with Crippen molar-refractivity contribution in [3.63, 3.8) is 0 Å². The lowest BCUT2D eigenvalue weighted by molar-refractivity contribution is -0.133. The number of pyridine rings is 1. The van der Waals surface area contributed by atoms with Crippen LogP contribution < -0.4 is 5.73 Å². The maximum atomic E-state index is 11.2. The fraction of sp³-hybridized carbons (Fsp3) is 0.250. The van der Waals surface area contributed by atoms with E-state index in [-0.39, 0.29) is 5.75 Å². The quantitative estimate of drug-likeness (QED) is 0.437. The molecule has 0 bridgehead atoms.